The van der Waals surface area contributed by atoms with Gasteiger partial charge in [-0.05, 0) is 22.9 Å². The third-order valence-electron chi connectivity index (χ3n) is 2.31. The van der Waals surface area contributed by atoms with E-state index >= 15 is 0 Å². The van der Waals surface area contributed by atoms with E-state index in [1.54, 1.807) is 6.07 Å². The molecule has 0 aliphatic carbocycles. The van der Waals surface area contributed by atoms with Gasteiger partial charge in [0.2, 0.25) is 12.8 Å². The Bertz CT molecular complexity index is 525. The molecule has 4 heteroatoms. The van der Waals surface area contributed by atoms with Gasteiger partial charge in [0.15, 0.2) is 0 Å². The van der Waals surface area contributed by atoms with Crippen LogP contribution in [-0.2, 0) is 9.59 Å². The van der Waals surface area contributed by atoms with Crippen LogP contribution >= 0.6 is 0 Å². The minimum absolute atomic E-state index is 0.462. The molecule has 4 nitrogen and oxygen atoms in total. The van der Waals surface area contributed by atoms with Gasteiger partial charge in [0.1, 0.15) is 0 Å². The van der Waals surface area contributed by atoms with E-state index in [0.29, 0.717) is 18.5 Å². The van der Waals surface area contributed by atoms with E-state index in [1.165, 1.54) is 0 Å². The zero-order valence-corrected chi connectivity index (χ0v) is 8.46. The highest BCUT2D eigenvalue weighted by atomic mass is 16.2. The van der Waals surface area contributed by atoms with Crippen LogP contribution in [0.3, 0.4) is 0 Å². The lowest BCUT2D eigenvalue weighted by Crippen LogP contribution is -2.35. The molecule has 0 fully saturated rings. The molecule has 16 heavy (non-hydrogen) atoms. The van der Waals surface area contributed by atoms with Gasteiger partial charge in [-0.2, -0.15) is 0 Å². The fourth-order valence-corrected chi connectivity index (χ4v) is 1.55. The van der Waals surface area contributed by atoms with Crippen molar-refractivity contribution in [2.24, 2.45) is 0 Å². The second kappa shape index (κ2) is 4.44. The normalized spacial score (nSPS) is 9.75. The smallest absolute Gasteiger partial charge is 0.232 e. The fraction of sp³-hybridized carbons (Fsp3) is 0. The Balaban J connectivity index is 2.45. The van der Waals surface area contributed by atoms with Crippen molar-refractivity contribution in [2.75, 3.05) is 5.01 Å². The Morgan fingerprint density at radius 1 is 1.00 bits per heavy atom. The van der Waals surface area contributed by atoms with E-state index in [2.05, 4.69) is 5.43 Å². The van der Waals surface area contributed by atoms with E-state index in [-0.39, 0.29) is 0 Å². The van der Waals surface area contributed by atoms with Crippen LogP contribution in [0.5, 0.6) is 0 Å². The van der Waals surface area contributed by atoms with E-state index in [1.807, 2.05) is 36.4 Å². The molecule has 0 aliphatic rings. The Labute approximate surface area is 92.4 Å². The van der Waals surface area contributed by atoms with Crippen LogP contribution in [-0.4, -0.2) is 12.8 Å². The largest absolute Gasteiger partial charge is 0.277 e. The van der Waals surface area contributed by atoms with Gasteiger partial charge in [0.25, 0.3) is 0 Å². The van der Waals surface area contributed by atoms with Crippen LogP contribution in [0, 0.1) is 0 Å². The summed E-state index contributed by atoms with van der Waals surface area (Å²) in [4.78, 5) is 21.0. The lowest BCUT2D eigenvalue weighted by atomic mass is 10.1. The van der Waals surface area contributed by atoms with Gasteiger partial charge in [-0.25, -0.2) is 5.01 Å². The van der Waals surface area contributed by atoms with E-state index in [4.69, 9.17) is 0 Å². The van der Waals surface area contributed by atoms with Gasteiger partial charge < -0.3 is 0 Å². The molecular weight excluding hydrogens is 204 g/mol. The molecule has 80 valence electrons. The van der Waals surface area contributed by atoms with Gasteiger partial charge in [-0.15, -0.1) is 0 Å². The van der Waals surface area contributed by atoms with Crippen molar-refractivity contribution in [1.82, 2.24) is 5.43 Å². The third kappa shape index (κ3) is 1.86. The zero-order chi connectivity index (χ0) is 11.4. The molecule has 0 heterocycles. The number of nitrogens with one attached hydrogen (secondary N) is 1. The first-order chi connectivity index (χ1) is 7.85. The van der Waals surface area contributed by atoms with Gasteiger partial charge in [-0.1, -0.05) is 30.3 Å². The van der Waals surface area contributed by atoms with Crippen molar-refractivity contribution in [3.05, 3.63) is 42.5 Å². The number of hydrogen-bond acceptors (Lipinski definition) is 2. The number of fused-ring (bicyclic) bond motifs is 1. The predicted molar refractivity (Wildman–Crippen MR) is 61.7 cm³/mol. The number of carbonyl (C=O) groups is 2. The Hall–Kier alpha value is -2.36. The van der Waals surface area contributed by atoms with E-state index in [9.17, 15) is 9.59 Å². The molecule has 0 aliphatic heterocycles. The summed E-state index contributed by atoms with van der Waals surface area (Å²) in [5, 5.41) is 3.22. The second-order valence-electron chi connectivity index (χ2n) is 3.25. The first kappa shape index (κ1) is 10.2. The Morgan fingerprint density at radius 2 is 1.75 bits per heavy atom. The number of benzene rings is 2. The second-order valence-corrected chi connectivity index (χ2v) is 3.25. The minimum Gasteiger partial charge on any atom is -0.277 e. The number of nitrogens with zero attached hydrogens (tertiary/aromatic N) is 1. The summed E-state index contributed by atoms with van der Waals surface area (Å²) >= 11 is 0. The lowest BCUT2D eigenvalue weighted by molar-refractivity contribution is -0.113. The lowest BCUT2D eigenvalue weighted by Gasteiger charge is -2.15. The highest BCUT2D eigenvalue weighted by molar-refractivity contribution is 5.89. The highest BCUT2D eigenvalue weighted by Crippen LogP contribution is 2.20. The molecule has 0 spiro atoms. The summed E-state index contributed by atoms with van der Waals surface area (Å²) in [6, 6.07) is 13.3. The summed E-state index contributed by atoms with van der Waals surface area (Å²) in [5.74, 6) is 0. The summed E-state index contributed by atoms with van der Waals surface area (Å²) in [6.07, 6.45) is 1.02. The first-order valence-electron chi connectivity index (χ1n) is 4.78. The maximum atomic E-state index is 10.7. The average molecular weight is 214 g/mol. The number of hydrazine groups is 1. The average Bonchev–Trinajstić information content (AvgIpc) is 2.35. The van der Waals surface area contributed by atoms with Crippen molar-refractivity contribution < 1.29 is 9.59 Å². The zero-order valence-electron chi connectivity index (χ0n) is 8.46. The molecule has 0 atom stereocenters. The number of carbonyl (C=O) groups excluding carboxylic acids is 2. The van der Waals surface area contributed by atoms with Crippen LogP contribution in [0.4, 0.5) is 5.69 Å². The summed E-state index contributed by atoms with van der Waals surface area (Å²) in [6.45, 7) is 0. The van der Waals surface area contributed by atoms with Crippen molar-refractivity contribution >= 4 is 29.3 Å². The minimum atomic E-state index is 0.462. The SMILES string of the molecule is O=CNN(C=O)c1ccc2ccccc2c1. The fourth-order valence-electron chi connectivity index (χ4n) is 1.55. The monoisotopic (exact) mass is 214 g/mol. The van der Waals surface area contributed by atoms with Crippen molar-refractivity contribution in [3.63, 3.8) is 0 Å². The maximum absolute atomic E-state index is 10.7. The Kier molecular flexibility index (Phi) is 2.82. The summed E-state index contributed by atoms with van der Waals surface area (Å²) < 4.78 is 0. The van der Waals surface area contributed by atoms with Crippen LogP contribution < -0.4 is 10.4 Å². The van der Waals surface area contributed by atoms with Gasteiger partial charge in [0.05, 0.1) is 5.69 Å². The molecule has 0 radical (unpaired) electrons. The molecule has 0 aromatic heterocycles. The molecule has 2 rings (SSSR count). The molecule has 0 unspecified atom stereocenters. The number of rotatable bonds is 4. The van der Waals surface area contributed by atoms with Gasteiger partial charge in [-0.3, -0.25) is 15.0 Å². The Morgan fingerprint density at radius 3 is 2.44 bits per heavy atom. The molecule has 2 aromatic carbocycles. The summed E-state index contributed by atoms with van der Waals surface area (Å²) in [7, 11) is 0. The standard InChI is InChI=1S/C12H10N2O2/c15-8-13-14(9-16)12-6-5-10-3-1-2-4-11(10)7-12/h1-9H,(H,13,15). The topological polar surface area (TPSA) is 49.4 Å². The molecule has 0 bridgehead atoms. The van der Waals surface area contributed by atoms with Crippen molar-refractivity contribution in [3.8, 4) is 0 Å². The maximum Gasteiger partial charge on any atom is 0.232 e. The molecule has 0 saturated heterocycles. The molecule has 2 aromatic rings. The van der Waals surface area contributed by atoms with Crippen LogP contribution in [0.15, 0.2) is 42.5 Å². The van der Waals surface area contributed by atoms with Gasteiger partial charge >= 0.3 is 0 Å². The van der Waals surface area contributed by atoms with E-state index < -0.39 is 0 Å². The van der Waals surface area contributed by atoms with Crippen LogP contribution in [0.2, 0.25) is 0 Å². The van der Waals surface area contributed by atoms with E-state index in [0.717, 1.165) is 15.8 Å². The predicted octanol–water partition coefficient (Wildman–Crippen LogP) is 1.46. The van der Waals surface area contributed by atoms with Gasteiger partial charge in [0, 0.05) is 0 Å². The number of anilines is 1. The summed E-state index contributed by atoms with van der Waals surface area (Å²) in [5.41, 5.74) is 2.92. The first-order valence-corrected chi connectivity index (χ1v) is 4.78. The van der Waals surface area contributed by atoms with Crippen LogP contribution in [0.25, 0.3) is 10.8 Å². The quantitative estimate of drug-likeness (QED) is 0.618. The highest BCUT2D eigenvalue weighted by Gasteiger charge is 2.03. The van der Waals surface area contributed by atoms with Crippen molar-refractivity contribution in [2.45, 2.75) is 0 Å². The van der Waals surface area contributed by atoms with Crippen LogP contribution in [0.1, 0.15) is 0 Å². The number of amides is 2. The molecule has 1 N–H and O–H groups in total. The number of hydrogen-bond donors (Lipinski definition) is 1. The third-order valence-corrected chi connectivity index (χ3v) is 2.31. The molecule has 0 saturated carbocycles. The van der Waals surface area contributed by atoms with Crippen molar-refractivity contribution in [1.29, 1.82) is 0 Å². The molecular formula is C12H10N2O2. The molecule has 2 amide bonds.